The number of ether oxygens (including phenoxy) is 1. The van der Waals surface area contributed by atoms with E-state index in [1.807, 2.05) is 23.7 Å². The van der Waals surface area contributed by atoms with Crippen molar-refractivity contribution >= 4 is 46.4 Å². The molecule has 2 saturated heterocycles. The number of hydrogen-bond donors (Lipinski definition) is 1. The largest absolute Gasteiger partial charge is 0.497 e. The van der Waals surface area contributed by atoms with Crippen LogP contribution in [0.5, 0.6) is 5.75 Å². The Balaban J connectivity index is 0.00000256. The maximum atomic E-state index is 6.39. The van der Waals surface area contributed by atoms with Crippen molar-refractivity contribution in [3.05, 3.63) is 41.4 Å². The number of halogens is 1. The lowest BCUT2D eigenvalue weighted by Gasteiger charge is -2.35. The minimum absolute atomic E-state index is 0. The van der Waals surface area contributed by atoms with Crippen molar-refractivity contribution in [2.45, 2.75) is 18.9 Å². The van der Waals surface area contributed by atoms with E-state index in [4.69, 9.17) is 15.5 Å². The number of piperazine rings is 1. The van der Waals surface area contributed by atoms with Crippen LogP contribution in [0.15, 0.2) is 40.8 Å². The summed E-state index contributed by atoms with van der Waals surface area (Å²) in [5, 5.41) is 3.11. The van der Waals surface area contributed by atoms with Crippen LogP contribution in [0.2, 0.25) is 0 Å². The van der Waals surface area contributed by atoms with Gasteiger partial charge in [-0.1, -0.05) is 12.1 Å². The van der Waals surface area contributed by atoms with Gasteiger partial charge >= 0.3 is 0 Å². The molecule has 0 radical (unpaired) electrons. The van der Waals surface area contributed by atoms with Crippen LogP contribution in [0.3, 0.4) is 0 Å². The van der Waals surface area contributed by atoms with Crippen LogP contribution in [-0.2, 0) is 0 Å². The van der Waals surface area contributed by atoms with Gasteiger partial charge in [-0.3, -0.25) is 9.89 Å². The number of methoxy groups -OCH3 is 1. The molecule has 4 rings (SSSR count). The number of rotatable bonds is 6. The lowest BCUT2D eigenvalue weighted by Crippen LogP contribution is -2.51. The third kappa shape index (κ3) is 5.55. The molecular formula is C21H31IN6OS. The zero-order valence-corrected chi connectivity index (χ0v) is 20.6. The van der Waals surface area contributed by atoms with Gasteiger partial charge in [0.1, 0.15) is 5.75 Å². The molecule has 2 fully saturated rings. The summed E-state index contributed by atoms with van der Waals surface area (Å²) >= 11 is 1.69. The van der Waals surface area contributed by atoms with E-state index in [1.165, 1.54) is 18.4 Å². The average molecular weight is 542 g/mol. The highest BCUT2D eigenvalue weighted by atomic mass is 127. The summed E-state index contributed by atoms with van der Waals surface area (Å²) in [7, 11) is 1.70. The first kappa shape index (κ1) is 23.1. The summed E-state index contributed by atoms with van der Waals surface area (Å²) in [5.74, 6) is 1.54. The molecule has 3 heterocycles. The van der Waals surface area contributed by atoms with Crippen molar-refractivity contribution < 1.29 is 4.74 Å². The molecule has 0 aliphatic carbocycles. The number of nitrogens with two attached hydrogens (primary N) is 1. The quantitative estimate of drug-likeness (QED) is 0.344. The Bertz CT molecular complexity index is 786. The van der Waals surface area contributed by atoms with E-state index in [0.29, 0.717) is 12.5 Å². The number of hydrogen-bond acceptors (Lipinski definition) is 6. The fourth-order valence-electron chi connectivity index (χ4n) is 4.09. The van der Waals surface area contributed by atoms with Gasteiger partial charge in [-0.2, -0.15) is 0 Å². The third-order valence-electron chi connectivity index (χ3n) is 5.80. The van der Waals surface area contributed by atoms with Crippen LogP contribution in [0, 0.1) is 0 Å². The maximum absolute atomic E-state index is 6.39. The summed E-state index contributed by atoms with van der Waals surface area (Å²) in [4.78, 5) is 16.3. The molecule has 0 bridgehead atoms. The Morgan fingerprint density at radius 2 is 1.83 bits per heavy atom. The Morgan fingerprint density at radius 1 is 1.13 bits per heavy atom. The summed E-state index contributed by atoms with van der Waals surface area (Å²) in [5.41, 5.74) is 7.66. The average Bonchev–Trinajstić information content (AvgIpc) is 3.49. The van der Waals surface area contributed by atoms with E-state index in [2.05, 4.69) is 31.8 Å². The molecule has 9 heteroatoms. The number of thiazole rings is 1. The Morgan fingerprint density at radius 3 is 2.43 bits per heavy atom. The standard InChI is InChI=1S/C21H30N6OS.HI/c1-28-18-6-4-17(5-7-18)19(25-9-2-3-10-25)16-24-20(22)26-11-13-27(14-12-26)21-23-8-15-29-21;/h4-8,15,19H,2-3,9-14,16H2,1H3,(H2,22,24);1H. The van der Waals surface area contributed by atoms with Gasteiger partial charge < -0.3 is 20.3 Å². The van der Waals surface area contributed by atoms with Crippen LogP contribution < -0.4 is 15.4 Å². The van der Waals surface area contributed by atoms with Crippen molar-refractivity contribution in [2.75, 3.05) is 57.8 Å². The first-order chi connectivity index (χ1) is 14.2. The van der Waals surface area contributed by atoms with Gasteiger partial charge in [-0.15, -0.1) is 35.3 Å². The molecule has 164 valence electrons. The number of benzene rings is 1. The lowest BCUT2D eigenvalue weighted by molar-refractivity contribution is 0.250. The highest BCUT2D eigenvalue weighted by Crippen LogP contribution is 2.27. The molecular weight excluding hydrogens is 511 g/mol. The topological polar surface area (TPSA) is 70.2 Å². The maximum Gasteiger partial charge on any atom is 0.191 e. The van der Waals surface area contributed by atoms with Crippen molar-refractivity contribution in [1.82, 2.24) is 14.8 Å². The second-order valence-electron chi connectivity index (χ2n) is 7.52. The molecule has 30 heavy (non-hydrogen) atoms. The van der Waals surface area contributed by atoms with Gasteiger partial charge in [0.25, 0.3) is 0 Å². The number of aliphatic imine (C=N–C) groups is 1. The monoisotopic (exact) mass is 542 g/mol. The SMILES string of the molecule is COc1ccc(C(CN=C(N)N2CCN(c3nccs3)CC2)N2CCCC2)cc1.I. The molecule has 2 aromatic rings. The number of anilines is 1. The van der Waals surface area contributed by atoms with E-state index in [0.717, 1.165) is 50.1 Å². The molecule has 1 unspecified atom stereocenters. The number of likely N-dealkylation sites (tertiary alicyclic amines) is 1. The molecule has 1 aromatic heterocycles. The zero-order chi connectivity index (χ0) is 20.1. The Hall–Kier alpha value is -1.59. The summed E-state index contributed by atoms with van der Waals surface area (Å²) in [6.07, 6.45) is 4.37. The molecule has 2 aliphatic heterocycles. The van der Waals surface area contributed by atoms with Crippen molar-refractivity contribution in [2.24, 2.45) is 10.7 Å². The van der Waals surface area contributed by atoms with Crippen molar-refractivity contribution in [1.29, 1.82) is 0 Å². The van der Waals surface area contributed by atoms with Crippen LogP contribution in [0.4, 0.5) is 5.13 Å². The van der Waals surface area contributed by atoms with Gasteiger partial charge in [0.15, 0.2) is 11.1 Å². The molecule has 0 amide bonds. The first-order valence-electron chi connectivity index (χ1n) is 10.3. The number of guanidine groups is 1. The second kappa shape index (κ2) is 11.1. The summed E-state index contributed by atoms with van der Waals surface area (Å²) in [6.45, 7) is 6.55. The lowest BCUT2D eigenvalue weighted by atomic mass is 10.1. The van der Waals surface area contributed by atoms with E-state index >= 15 is 0 Å². The predicted molar refractivity (Wildman–Crippen MR) is 134 cm³/mol. The molecule has 1 atom stereocenters. The highest BCUT2D eigenvalue weighted by molar-refractivity contribution is 14.0. The van der Waals surface area contributed by atoms with Gasteiger partial charge in [0.05, 0.1) is 19.7 Å². The van der Waals surface area contributed by atoms with Gasteiger partial charge in [0, 0.05) is 37.8 Å². The molecule has 1 aromatic carbocycles. The van der Waals surface area contributed by atoms with Crippen LogP contribution >= 0.6 is 35.3 Å². The summed E-state index contributed by atoms with van der Waals surface area (Å²) < 4.78 is 5.31. The van der Waals surface area contributed by atoms with Crippen LogP contribution in [0.1, 0.15) is 24.4 Å². The smallest absolute Gasteiger partial charge is 0.191 e. The molecule has 0 spiro atoms. The molecule has 0 saturated carbocycles. The fourth-order valence-corrected chi connectivity index (χ4v) is 4.79. The number of nitrogens with zero attached hydrogens (tertiary/aromatic N) is 5. The minimum atomic E-state index is 0. The van der Waals surface area contributed by atoms with Crippen molar-refractivity contribution in [3.63, 3.8) is 0 Å². The Kier molecular flexibility index (Phi) is 8.58. The number of aromatic nitrogens is 1. The van der Waals surface area contributed by atoms with E-state index in [9.17, 15) is 0 Å². The van der Waals surface area contributed by atoms with Crippen molar-refractivity contribution in [3.8, 4) is 5.75 Å². The normalized spacial score (nSPS) is 18.9. The van der Waals surface area contributed by atoms with Crippen LogP contribution in [-0.4, -0.2) is 73.7 Å². The molecule has 2 N–H and O–H groups in total. The molecule has 2 aliphatic rings. The van der Waals surface area contributed by atoms with E-state index in [1.54, 1.807) is 18.4 Å². The van der Waals surface area contributed by atoms with Gasteiger partial charge in [0.2, 0.25) is 0 Å². The minimum Gasteiger partial charge on any atom is -0.497 e. The second-order valence-corrected chi connectivity index (χ2v) is 8.39. The molecule has 7 nitrogen and oxygen atoms in total. The van der Waals surface area contributed by atoms with Gasteiger partial charge in [-0.05, 0) is 43.6 Å². The van der Waals surface area contributed by atoms with E-state index in [-0.39, 0.29) is 30.0 Å². The fraction of sp³-hybridized carbons (Fsp3) is 0.524. The first-order valence-corrected chi connectivity index (χ1v) is 11.2. The van der Waals surface area contributed by atoms with Gasteiger partial charge in [-0.25, -0.2) is 4.98 Å². The summed E-state index contributed by atoms with van der Waals surface area (Å²) in [6, 6.07) is 8.63. The van der Waals surface area contributed by atoms with Crippen LogP contribution in [0.25, 0.3) is 0 Å². The Labute approximate surface area is 199 Å². The zero-order valence-electron chi connectivity index (χ0n) is 17.4. The third-order valence-corrected chi connectivity index (χ3v) is 6.63. The van der Waals surface area contributed by atoms with E-state index < -0.39 is 0 Å². The predicted octanol–water partition coefficient (Wildman–Crippen LogP) is 3.04. The highest BCUT2D eigenvalue weighted by Gasteiger charge is 2.24.